The molecule has 0 aliphatic heterocycles. The van der Waals surface area contributed by atoms with Crippen LogP contribution in [0.15, 0.2) is 18.5 Å². The Kier molecular flexibility index (Phi) is 3.71. The minimum atomic E-state index is -0.684. The molecule has 0 aromatic carbocycles. The summed E-state index contributed by atoms with van der Waals surface area (Å²) in [6.45, 7) is 0. The SMILES string of the molecule is O=C(O)C1CCC(Cc2cncc(F)c2)CC1. The van der Waals surface area contributed by atoms with Gasteiger partial charge in [0.05, 0.1) is 12.1 Å². The van der Waals surface area contributed by atoms with Crippen LogP contribution in [0.4, 0.5) is 4.39 Å². The van der Waals surface area contributed by atoms with Gasteiger partial charge in [-0.05, 0) is 49.7 Å². The van der Waals surface area contributed by atoms with Gasteiger partial charge in [-0.3, -0.25) is 9.78 Å². The van der Waals surface area contributed by atoms with Crippen LogP contribution in [-0.2, 0) is 11.2 Å². The Morgan fingerprint density at radius 3 is 2.65 bits per heavy atom. The molecule has 2 rings (SSSR count). The van der Waals surface area contributed by atoms with Gasteiger partial charge in [-0.15, -0.1) is 0 Å². The first-order valence-corrected chi connectivity index (χ1v) is 5.97. The molecule has 1 aromatic heterocycles. The molecule has 0 radical (unpaired) electrons. The maximum atomic E-state index is 12.9. The molecule has 1 aromatic rings. The first kappa shape index (κ1) is 12.0. The molecule has 1 heterocycles. The maximum Gasteiger partial charge on any atom is 0.306 e. The Labute approximate surface area is 99.7 Å². The fourth-order valence-electron chi connectivity index (χ4n) is 2.51. The Morgan fingerprint density at radius 1 is 1.35 bits per heavy atom. The number of hydrogen-bond donors (Lipinski definition) is 1. The van der Waals surface area contributed by atoms with Crippen molar-refractivity contribution in [3.05, 3.63) is 29.8 Å². The van der Waals surface area contributed by atoms with Crippen molar-refractivity contribution in [1.82, 2.24) is 4.98 Å². The van der Waals surface area contributed by atoms with E-state index in [4.69, 9.17) is 5.11 Å². The van der Waals surface area contributed by atoms with Crippen LogP contribution in [0.1, 0.15) is 31.2 Å². The zero-order chi connectivity index (χ0) is 12.3. The van der Waals surface area contributed by atoms with E-state index < -0.39 is 5.97 Å². The topological polar surface area (TPSA) is 50.2 Å². The summed E-state index contributed by atoms with van der Waals surface area (Å²) in [6, 6.07) is 1.51. The van der Waals surface area contributed by atoms with Crippen LogP contribution in [0.2, 0.25) is 0 Å². The molecule has 0 atom stereocenters. The smallest absolute Gasteiger partial charge is 0.306 e. The van der Waals surface area contributed by atoms with Gasteiger partial charge in [0, 0.05) is 6.20 Å². The third-order valence-electron chi connectivity index (χ3n) is 3.48. The highest BCUT2D eigenvalue weighted by molar-refractivity contribution is 5.69. The second-order valence-electron chi connectivity index (χ2n) is 4.77. The van der Waals surface area contributed by atoms with E-state index in [1.807, 2.05) is 0 Å². The van der Waals surface area contributed by atoms with E-state index in [9.17, 15) is 9.18 Å². The van der Waals surface area contributed by atoms with Crippen LogP contribution in [0.3, 0.4) is 0 Å². The monoisotopic (exact) mass is 237 g/mol. The molecule has 0 saturated heterocycles. The Balaban J connectivity index is 1.88. The van der Waals surface area contributed by atoms with E-state index >= 15 is 0 Å². The van der Waals surface area contributed by atoms with Gasteiger partial charge in [0.25, 0.3) is 0 Å². The maximum absolute atomic E-state index is 12.9. The Bertz CT molecular complexity index is 400. The quantitative estimate of drug-likeness (QED) is 0.879. The molecule has 0 spiro atoms. The number of carbonyl (C=O) groups is 1. The highest BCUT2D eigenvalue weighted by atomic mass is 19.1. The second-order valence-corrected chi connectivity index (χ2v) is 4.77. The van der Waals surface area contributed by atoms with E-state index in [0.717, 1.165) is 37.7 Å². The molecule has 3 nitrogen and oxygen atoms in total. The first-order valence-electron chi connectivity index (χ1n) is 5.97. The number of nitrogens with zero attached hydrogens (tertiary/aromatic N) is 1. The van der Waals surface area contributed by atoms with Gasteiger partial charge in [0.2, 0.25) is 0 Å². The lowest BCUT2D eigenvalue weighted by Crippen LogP contribution is -2.22. The summed E-state index contributed by atoms with van der Waals surface area (Å²) < 4.78 is 12.9. The summed E-state index contributed by atoms with van der Waals surface area (Å²) in [5.41, 5.74) is 0.906. The fraction of sp³-hybridized carbons (Fsp3) is 0.538. The van der Waals surface area contributed by atoms with Gasteiger partial charge < -0.3 is 5.11 Å². The third kappa shape index (κ3) is 3.25. The molecule has 92 valence electrons. The van der Waals surface area contributed by atoms with Gasteiger partial charge in [0.1, 0.15) is 5.82 Å². The number of halogens is 1. The van der Waals surface area contributed by atoms with Crippen LogP contribution in [0, 0.1) is 17.7 Å². The molecule has 1 aliphatic rings. The summed E-state index contributed by atoms with van der Waals surface area (Å²) in [7, 11) is 0. The molecule has 1 saturated carbocycles. The summed E-state index contributed by atoms with van der Waals surface area (Å²) >= 11 is 0. The van der Waals surface area contributed by atoms with Crippen molar-refractivity contribution in [3.63, 3.8) is 0 Å². The average Bonchev–Trinajstić information content (AvgIpc) is 2.29. The summed E-state index contributed by atoms with van der Waals surface area (Å²) in [5.74, 6) is -0.705. The van der Waals surface area contributed by atoms with Crippen LogP contribution in [0.5, 0.6) is 0 Å². The normalized spacial score (nSPS) is 24.5. The molecular formula is C13H16FNO2. The predicted molar refractivity (Wildman–Crippen MR) is 61.0 cm³/mol. The van der Waals surface area contributed by atoms with Crippen molar-refractivity contribution < 1.29 is 14.3 Å². The van der Waals surface area contributed by atoms with Crippen molar-refractivity contribution in [1.29, 1.82) is 0 Å². The lowest BCUT2D eigenvalue weighted by Gasteiger charge is -2.25. The number of carboxylic acids is 1. The predicted octanol–water partition coefficient (Wildman–Crippen LogP) is 2.65. The lowest BCUT2D eigenvalue weighted by atomic mass is 9.79. The standard InChI is InChI=1S/C13H16FNO2/c14-12-6-10(7-15-8-12)5-9-1-3-11(4-2-9)13(16)17/h6-9,11H,1-5H2,(H,16,17). The Morgan fingerprint density at radius 2 is 2.06 bits per heavy atom. The number of aromatic nitrogens is 1. The van der Waals surface area contributed by atoms with Crippen molar-refractivity contribution in [2.24, 2.45) is 11.8 Å². The van der Waals surface area contributed by atoms with Gasteiger partial charge in [0.15, 0.2) is 0 Å². The Hall–Kier alpha value is -1.45. The van der Waals surface area contributed by atoms with E-state index in [-0.39, 0.29) is 11.7 Å². The van der Waals surface area contributed by atoms with E-state index in [2.05, 4.69) is 4.98 Å². The molecule has 0 unspecified atom stereocenters. The molecule has 0 bridgehead atoms. The molecular weight excluding hydrogens is 221 g/mol. The van der Waals surface area contributed by atoms with Gasteiger partial charge in [-0.25, -0.2) is 4.39 Å². The molecule has 0 amide bonds. The van der Waals surface area contributed by atoms with Gasteiger partial charge in [-0.2, -0.15) is 0 Å². The third-order valence-corrected chi connectivity index (χ3v) is 3.48. The largest absolute Gasteiger partial charge is 0.481 e. The number of hydrogen-bond acceptors (Lipinski definition) is 2. The number of pyridine rings is 1. The minimum Gasteiger partial charge on any atom is -0.481 e. The molecule has 4 heteroatoms. The summed E-state index contributed by atoms with van der Waals surface area (Å²) in [6.07, 6.45) is 6.99. The van der Waals surface area contributed by atoms with E-state index in [1.165, 1.54) is 12.3 Å². The van der Waals surface area contributed by atoms with E-state index in [0.29, 0.717) is 5.92 Å². The zero-order valence-electron chi connectivity index (χ0n) is 9.60. The summed E-state index contributed by atoms with van der Waals surface area (Å²) in [5, 5.41) is 8.89. The number of carboxylic acid groups (broad SMARTS) is 1. The van der Waals surface area contributed by atoms with Gasteiger partial charge in [-0.1, -0.05) is 0 Å². The van der Waals surface area contributed by atoms with E-state index in [1.54, 1.807) is 6.20 Å². The van der Waals surface area contributed by atoms with Crippen LogP contribution in [0.25, 0.3) is 0 Å². The first-order chi connectivity index (χ1) is 8.15. The lowest BCUT2D eigenvalue weighted by molar-refractivity contribution is -0.143. The van der Waals surface area contributed by atoms with Crippen molar-refractivity contribution >= 4 is 5.97 Å². The minimum absolute atomic E-state index is 0.183. The molecule has 1 N–H and O–H groups in total. The van der Waals surface area contributed by atoms with Crippen molar-refractivity contribution in [3.8, 4) is 0 Å². The molecule has 17 heavy (non-hydrogen) atoms. The van der Waals surface area contributed by atoms with Crippen molar-refractivity contribution in [2.45, 2.75) is 32.1 Å². The second kappa shape index (κ2) is 5.25. The fourth-order valence-corrected chi connectivity index (χ4v) is 2.51. The highest BCUT2D eigenvalue weighted by Crippen LogP contribution is 2.31. The average molecular weight is 237 g/mol. The van der Waals surface area contributed by atoms with Crippen molar-refractivity contribution in [2.75, 3.05) is 0 Å². The van der Waals surface area contributed by atoms with Crippen LogP contribution in [-0.4, -0.2) is 16.1 Å². The van der Waals surface area contributed by atoms with Gasteiger partial charge >= 0.3 is 5.97 Å². The summed E-state index contributed by atoms with van der Waals surface area (Å²) in [4.78, 5) is 14.6. The van der Waals surface area contributed by atoms with Crippen LogP contribution >= 0.6 is 0 Å². The zero-order valence-corrected chi connectivity index (χ0v) is 9.60. The molecule has 1 fully saturated rings. The highest BCUT2D eigenvalue weighted by Gasteiger charge is 2.25. The number of rotatable bonds is 3. The number of aliphatic carboxylic acids is 1. The van der Waals surface area contributed by atoms with Crippen LogP contribution < -0.4 is 0 Å². The molecule has 1 aliphatic carbocycles.